The van der Waals surface area contributed by atoms with Crippen molar-refractivity contribution in [3.05, 3.63) is 35.9 Å². The maximum absolute atomic E-state index is 12.0. The number of ketones is 1. The van der Waals surface area contributed by atoms with Gasteiger partial charge >= 0.3 is 6.09 Å². The number of amides is 1. The van der Waals surface area contributed by atoms with Gasteiger partial charge in [0.25, 0.3) is 0 Å². The fourth-order valence-corrected chi connectivity index (χ4v) is 3.53. The molecule has 2 bridgehead atoms. The fourth-order valence-electron chi connectivity index (χ4n) is 3.53. The molecule has 0 aliphatic heterocycles. The largest absolute Gasteiger partial charge is 0.445 e. The molecule has 3 rings (SSSR count). The van der Waals surface area contributed by atoms with Crippen LogP contribution in [-0.4, -0.2) is 17.9 Å². The Labute approximate surface area is 124 Å². The average Bonchev–Trinajstić information content (AvgIpc) is 2.47. The van der Waals surface area contributed by atoms with E-state index < -0.39 is 0 Å². The van der Waals surface area contributed by atoms with E-state index in [-0.39, 0.29) is 30.6 Å². The van der Waals surface area contributed by atoms with Gasteiger partial charge in [-0.2, -0.15) is 0 Å². The van der Waals surface area contributed by atoms with Crippen LogP contribution < -0.4 is 5.32 Å². The van der Waals surface area contributed by atoms with E-state index in [1.54, 1.807) is 0 Å². The number of carbonyl (C=O) groups excluding carboxylic acids is 2. The van der Waals surface area contributed by atoms with Crippen LogP contribution in [0.4, 0.5) is 4.79 Å². The molecule has 4 nitrogen and oxygen atoms in total. The van der Waals surface area contributed by atoms with Gasteiger partial charge in [0.2, 0.25) is 0 Å². The van der Waals surface area contributed by atoms with E-state index in [1.807, 2.05) is 30.3 Å². The number of hydrogen-bond donors (Lipinski definition) is 1. The van der Waals surface area contributed by atoms with Crippen LogP contribution in [0.15, 0.2) is 30.3 Å². The first-order valence-corrected chi connectivity index (χ1v) is 7.73. The molecule has 1 aromatic carbocycles. The van der Waals surface area contributed by atoms with Crippen molar-refractivity contribution in [2.45, 2.75) is 44.8 Å². The molecule has 1 aromatic rings. The molecule has 0 spiro atoms. The first-order chi connectivity index (χ1) is 10.2. The highest BCUT2D eigenvalue weighted by Gasteiger charge is 2.39. The molecular formula is C17H21NO3. The van der Waals surface area contributed by atoms with E-state index in [0.717, 1.165) is 37.7 Å². The van der Waals surface area contributed by atoms with Crippen LogP contribution in [0, 0.1) is 11.8 Å². The number of hydrogen-bond acceptors (Lipinski definition) is 3. The molecule has 0 aromatic heterocycles. The summed E-state index contributed by atoms with van der Waals surface area (Å²) >= 11 is 0. The molecule has 0 unspecified atom stereocenters. The van der Waals surface area contributed by atoms with Crippen molar-refractivity contribution < 1.29 is 14.3 Å². The molecular weight excluding hydrogens is 266 g/mol. The van der Waals surface area contributed by atoms with Gasteiger partial charge in [0.05, 0.1) is 0 Å². The number of alkyl carbamates (subject to hydrolysis) is 1. The van der Waals surface area contributed by atoms with Crippen molar-refractivity contribution in [2.24, 2.45) is 11.8 Å². The number of ether oxygens (including phenoxy) is 1. The summed E-state index contributed by atoms with van der Waals surface area (Å²) in [6.07, 6.45) is 4.27. The molecule has 0 radical (unpaired) electrons. The van der Waals surface area contributed by atoms with Gasteiger partial charge in [0, 0.05) is 17.9 Å². The molecule has 4 heteroatoms. The average molecular weight is 287 g/mol. The predicted octanol–water partition coefficient (Wildman–Crippen LogP) is 3.06. The second-order valence-electron chi connectivity index (χ2n) is 6.10. The monoisotopic (exact) mass is 287 g/mol. The van der Waals surface area contributed by atoms with Crippen LogP contribution in [0.5, 0.6) is 0 Å². The van der Waals surface area contributed by atoms with Gasteiger partial charge < -0.3 is 10.1 Å². The zero-order chi connectivity index (χ0) is 14.7. The summed E-state index contributed by atoms with van der Waals surface area (Å²) in [7, 11) is 0. The molecule has 112 valence electrons. The lowest BCUT2D eigenvalue weighted by molar-refractivity contribution is -0.132. The molecule has 0 saturated heterocycles. The summed E-state index contributed by atoms with van der Waals surface area (Å²) in [4.78, 5) is 23.9. The van der Waals surface area contributed by atoms with Crippen LogP contribution >= 0.6 is 0 Å². The minimum absolute atomic E-state index is 0.0845. The van der Waals surface area contributed by atoms with Crippen LogP contribution in [0.2, 0.25) is 0 Å². The van der Waals surface area contributed by atoms with Gasteiger partial charge in [-0.3, -0.25) is 4.79 Å². The minimum atomic E-state index is -0.378. The van der Waals surface area contributed by atoms with Crippen LogP contribution in [0.25, 0.3) is 0 Å². The lowest BCUT2D eigenvalue weighted by atomic mass is 9.69. The number of carbonyl (C=O) groups is 2. The Bertz CT molecular complexity index is 498. The summed E-state index contributed by atoms with van der Waals surface area (Å²) in [6, 6.07) is 9.71. The SMILES string of the molecule is O=C(N[C@H]1C[C@H]2CCC[C@@H](C1)C2=O)OCc1ccccc1. The Morgan fingerprint density at radius 3 is 2.48 bits per heavy atom. The fraction of sp³-hybridized carbons (Fsp3) is 0.529. The predicted molar refractivity (Wildman–Crippen MR) is 78.6 cm³/mol. The van der Waals surface area contributed by atoms with Crippen LogP contribution in [0.3, 0.4) is 0 Å². The third-order valence-corrected chi connectivity index (χ3v) is 4.58. The van der Waals surface area contributed by atoms with E-state index in [2.05, 4.69) is 5.32 Å². The highest BCUT2D eigenvalue weighted by atomic mass is 16.5. The second-order valence-corrected chi connectivity index (χ2v) is 6.10. The molecule has 2 saturated carbocycles. The topological polar surface area (TPSA) is 55.4 Å². The van der Waals surface area contributed by atoms with Crippen molar-refractivity contribution >= 4 is 11.9 Å². The summed E-state index contributed by atoms with van der Waals surface area (Å²) in [5.41, 5.74) is 0.975. The Kier molecular flexibility index (Phi) is 4.23. The highest BCUT2D eigenvalue weighted by Crippen LogP contribution is 2.37. The van der Waals surface area contributed by atoms with E-state index in [0.29, 0.717) is 5.78 Å². The Balaban J connectivity index is 1.48. The van der Waals surface area contributed by atoms with E-state index in [4.69, 9.17) is 4.74 Å². The standard InChI is InChI=1S/C17H21NO3/c19-16-13-7-4-8-14(16)10-15(9-13)18-17(20)21-11-12-5-2-1-3-6-12/h1-3,5-6,13-15H,4,7-11H2,(H,18,20)/t13-,14+,15+. The first-order valence-electron chi connectivity index (χ1n) is 7.73. The summed E-state index contributed by atoms with van der Waals surface area (Å²) in [6.45, 7) is 0.283. The summed E-state index contributed by atoms with van der Waals surface area (Å²) in [5.74, 6) is 0.714. The van der Waals surface area contributed by atoms with E-state index >= 15 is 0 Å². The molecule has 21 heavy (non-hydrogen) atoms. The molecule has 0 heterocycles. The lowest BCUT2D eigenvalue weighted by Crippen LogP contribution is -2.46. The van der Waals surface area contributed by atoms with Crippen molar-refractivity contribution in [1.29, 1.82) is 0 Å². The normalized spacial score (nSPS) is 28.0. The maximum atomic E-state index is 12.0. The van der Waals surface area contributed by atoms with Crippen molar-refractivity contribution in [2.75, 3.05) is 0 Å². The molecule has 2 aliphatic rings. The van der Waals surface area contributed by atoms with Gasteiger partial charge in [-0.05, 0) is 31.2 Å². The van der Waals surface area contributed by atoms with Gasteiger partial charge in [-0.1, -0.05) is 36.8 Å². The lowest BCUT2D eigenvalue weighted by Gasteiger charge is -2.37. The first kappa shape index (κ1) is 14.1. The molecule has 2 aliphatic carbocycles. The molecule has 3 atom stereocenters. The van der Waals surface area contributed by atoms with E-state index in [9.17, 15) is 9.59 Å². The second kappa shape index (κ2) is 6.29. The van der Waals surface area contributed by atoms with E-state index in [1.165, 1.54) is 0 Å². The van der Waals surface area contributed by atoms with Gasteiger partial charge in [-0.15, -0.1) is 0 Å². The van der Waals surface area contributed by atoms with Gasteiger partial charge in [0.1, 0.15) is 12.4 Å². The zero-order valence-electron chi connectivity index (χ0n) is 12.1. The van der Waals surface area contributed by atoms with Gasteiger partial charge in [-0.25, -0.2) is 4.79 Å². The molecule has 1 amide bonds. The number of nitrogens with one attached hydrogen (secondary N) is 1. The summed E-state index contributed by atoms with van der Waals surface area (Å²) < 4.78 is 5.24. The molecule has 2 fully saturated rings. The quantitative estimate of drug-likeness (QED) is 0.929. The Morgan fingerprint density at radius 2 is 1.81 bits per heavy atom. The zero-order valence-corrected chi connectivity index (χ0v) is 12.1. The van der Waals surface area contributed by atoms with Crippen molar-refractivity contribution in [3.63, 3.8) is 0 Å². The van der Waals surface area contributed by atoms with Gasteiger partial charge in [0.15, 0.2) is 0 Å². The highest BCUT2D eigenvalue weighted by molar-refractivity contribution is 5.85. The maximum Gasteiger partial charge on any atom is 0.407 e. The minimum Gasteiger partial charge on any atom is -0.445 e. The van der Waals surface area contributed by atoms with Crippen LogP contribution in [0.1, 0.15) is 37.7 Å². The Hall–Kier alpha value is -1.84. The van der Waals surface area contributed by atoms with Crippen molar-refractivity contribution in [1.82, 2.24) is 5.32 Å². The third-order valence-electron chi connectivity index (χ3n) is 4.58. The van der Waals surface area contributed by atoms with Crippen molar-refractivity contribution in [3.8, 4) is 0 Å². The smallest absolute Gasteiger partial charge is 0.407 e. The summed E-state index contributed by atoms with van der Waals surface area (Å²) in [5, 5.41) is 2.92. The number of Topliss-reactive ketones (excluding diaryl/α,β-unsaturated/α-hetero) is 1. The third kappa shape index (κ3) is 3.43. The van der Waals surface area contributed by atoms with Crippen LogP contribution in [-0.2, 0) is 16.1 Å². The number of fused-ring (bicyclic) bond motifs is 2. The molecule has 1 N–H and O–H groups in total. The number of benzene rings is 1. The number of rotatable bonds is 3. The Morgan fingerprint density at radius 1 is 1.14 bits per heavy atom.